The maximum atomic E-state index is 12.2. The van der Waals surface area contributed by atoms with Crippen LogP contribution in [0.1, 0.15) is 12.3 Å². The van der Waals surface area contributed by atoms with Crippen LogP contribution in [0.3, 0.4) is 0 Å². The molecule has 0 N–H and O–H groups in total. The number of carbonyl (C=O) groups is 1. The number of hydrogen-bond donors (Lipinski definition) is 0. The number of ether oxygens (including phenoxy) is 2. The summed E-state index contributed by atoms with van der Waals surface area (Å²) in [6.45, 7) is -0.235. The number of esters is 1. The molecule has 0 aliphatic heterocycles. The Labute approximate surface area is 162 Å². The lowest BCUT2D eigenvalue weighted by molar-refractivity contribution is -0.145. The van der Waals surface area contributed by atoms with Crippen molar-refractivity contribution in [1.82, 2.24) is 10.1 Å². The molecule has 28 heavy (non-hydrogen) atoms. The van der Waals surface area contributed by atoms with Gasteiger partial charge in [-0.2, -0.15) is 4.98 Å². The van der Waals surface area contributed by atoms with Crippen LogP contribution in [0.5, 0.6) is 5.75 Å². The molecule has 3 aromatic rings. The highest BCUT2D eigenvalue weighted by Crippen LogP contribution is 2.21. The highest BCUT2D eigenvalue weighted by molar-refractivity contribution is 7.91. The molecule has 0 atom stereocenters. The van der Waals surface area contributed by atoms with Crippen LogP contribution in [0.25, 0.3) is 11.4 Å². The van der Waals surface area contributed by atoms with E-state index in [1.54, 1.807) is 49.6 Å². The van der Waals surface area contributed by atoms with Gasteiger partial charge < -0.3 is 14.0 Å². The first kappa shape index (κ1) is 19.6. The van der Waals surface area contributed by atoms with Gasteiger partial charge in [0.15, 0.2) is 16.4 Å². The molecule has 1 heterocycles. The number of rotatable bonds is 8. The van der Waals surface area contributed by atoms with Gasteiger partial charge in [0, 0.05) is 5.56 Å². The average Bonchev–Trinajstić information content (AvgIpc) is 3.21. The molecule has 8 nitrogen and oxygen atoms in total. The Morgan fingerprint density at radius 3 is 2.64 bits per heavy atom. The molecule has 3 rings (SSSR count). The van der Waals surface area contributed by atoms with Crippen molar-refractivity contribution in [2.24, 2.45) is 0 Å². The lowest BCUT2D eigenvalue weighted by Crippen LogP contribution is -2.13. The van der Waals surface area contributed by atoms with Crippen LogP contribution in [0.4, 0.5) is 0 Å². The first-order valence-electron chi connectivity index (χ1n) is 8.38. The lowest BCUT2D eigenvalue weighted by atomic mass is 10.2. The van der Waals surface area contributed by atoms with E-state index < -0.39 is 15.8 Å². The minimum atomic E-state index is -3.54. The molecule has 0 aliphatic rings. The Morgan fingerprint density at radius 2 is 1.89 bits per heavy atom. The van der Waals surface area contributed by atoms with Gasteiger partial charge in [-0.05, 0) is 24.3 Å². The van der Waals surface area contributed by atoms with Crippen molar-refractivity contribution in [1.29, 1.82) is 0 Å². The second-order valence-corrected chi connectivity index (χ2v) is 7.90. The summed E-state index contributed by atoms with van der Waals surface area (Å²) in [5.74, 6) is 0.0820. The smallest absolute Gasteiger partial charge is 0.307 e. The number of sulfone groups is 1. The van der Waals surface area contributed by atoms with Gasteiger partial charge in [-0.3, -0.25) is 4.79 Å². The third-order valence-electron chi connectivity index (χ3n) is 3.83. The van der Waals surface area contributed by atoms with E-state index in [4.69, 9.17) is 14.0 Å². The molecule has 9 heteroatoms. The highest BCUT2D eigenvalue weighted by Gasteiger charge is 2.17. The zero-order valence-corrected chi connectivity index (χ0v) is 15.9. The number of nitrogens with zero attached hydrogens (tertiary/aromatic N) is 2. The van der Waals surface area contributed by atoms with Crippen LogP contribution in [-0.2, 0) is 26.0 Å². The molecular formula is C19H18N2O6S. The summed E-state index contributed by atoms with van der Waals surface area (Å²) >= 11 is 0. The van der Waals surface area contributed by atoms with Crippen molar-refractivity contribution in [3.05, 3.63) is 60.5 Å². The van der Waals surface area contributed by atoms with E-state index in [1.165, 1.54) is 12.1 Å². The average molecular weight is 402 g/mol. The third kappa shape index (κ3) is 4.95. The summed E-state index contributed by atoms with van der Waals surface area (Å²) in [6, 6.07) is 15.1. The van der Waals surface area contributed by atoms with Crippen LogP contribution in [0, 0.1) is 0 Å². The van der Waals surface area contributed by atoms with Crippen molar-refractivity contribution in [3.8, 4) is 17.1 Å². The van der Waals surface area contributed by atoms with Crippen molar-refractivity contribution in [2.75, 3.05) is 12.9 Å². The monoisotopic (exact) mass is 402 g/mol. The number of benzene rings is 2. The van der Waals surface area contributed by atoms with Crippen molar-refractivity contribution >= 4 is 15.8 Å². The largest absolute Gasteiger partial charge is 0.497 e. The fraction of sp³-hybridized carbons (Fsp3) is 0.211. The zero-order valence-electron chi connectivity index (χ0n) is 15.1. The molecule has 0 radical (unpaired) electrons. The minimum Gasteiger partial charge on any atom is -0.497 e. The number of hydrogen-bond acceptors (Lipinski definition) is 8. The molecule has 146 valence electrons. The molecule has 0 amide bonds. The standard InChI is InChI=1S/C19H18N2O6S/c1-25-15-7-5-6-14(12-15)19-20-17(27-21-19)13-26-18(22)10-11-28(23,24)16-8-3-2-4-9-16/h2-9,12H,10-11,13H2,1H3. The summed E-state index contributed by atoms with van der Waals surface area (Å²) in [5, 5.41) is 3.84. The Kier molecular flexibility index (Phi) is 6.05. The van der Waals surface area contributed by atoms with E-state index >= 15 is 0 Å². The fourth-order valence-corrected chi connectivity index (χ4v) is 3.61. The molecule has 0 spiro atoms. The summed E-state index contributed by atoms with van der Waals surface area (Å²) in [4.78, 5) is 16.2. The van der Waals surface area contributed by atoms with Gasteiger partial charge in [0.05, 0.1) is 24.2 Å². The molecule has 0 aliphatic carbocycles. The Hall–Kier alpha value is -3.20. The van der Waals surface area contributed by atoms with E-state index in [2.05, 4.69) is 10.1 Å². The van der Waals surface area contributed by atoms with E-state index in [1.807, 2.05) is 0 Å². The molecule has 0 saturated heterocycles. The first-order valence-corrected chi connectivity index (χ1v) is 10.0. The normalized spacial score (nSPS) is 11.2. The first-order chi connectivity index (χ1) is 13.5. The molecule has 2 aromatic carbocycles. The number of methoxy groups -OCH3 is 1. The molecule has 0 fully saturated rings. The van der Waals surface area contributed by atoms with Crippen LogP contribution in [0.2, 0.25) is 0 Å². The Balaban J connectivity index is 1.53. The van der Waals surface area contributed by atoms with E-state index in [-0.39, 0.29) is 29.6 Å². The second-order valence-electron chi connectivity index (χ2n) is 5.79. The van der Waals surface area contributed by atoms with Crippen molar-refractivity contribution in [2.45, 2.75) is 17.9 Å². The van der Waals surface area contributed by atoms with Gasteiger partial charge in [-0.15, -0.1) is 0 Å². The summed E-state index contributed by atoms with van der Waals surface area (Å²) < 4.78 is 39.6. The lowest BCUT2D eigenvalue weighted by Gasteiger charge is -2.04. The highest BCUT2D eigenvalue weighted by atomic mass is 32.2. The molecule has 0 saturated carbocycles. The van der Waals surface area contributed by atoms with E-state index in [0.717, 1.165) is 0 Å². The second kappa shape index (κ2) is 8.66. The van der Waals surface area contributed by atoms with Gasteiger partial charge in [0.25, 0.3) is 5.89 Å². The summed E-state index contributed by atoms with van der Waals surface area (Å²) in [6.07, 6.45) is -0.270. The van der Waals surface area contributed by atoms with Crippen LogP contribution in [0.15, 0.2) is 64.0 Å². The van der Waals surface area contributed by atoms with Crippen LogP contribution < -0.4 is 4.74 Å². The fourth-order valence-electron chi connectivity index (χ4n) is 2.37. The predicted molar refractivity (Wildman–Crippen MR) is 99.2 cm³/mol. The predicted octanol–water partition coefficient (Wildman–Crippen LogP) is 2.65. The zero-order chi connectivity index (χ0) is 20.0. The molecule has 0 unspecified atom stereocenters. The van der Waals surface area contributed by atoms with Crippen LogP contribution in [-0.4, -0.2) is 37.4 Å². The SMILES string of the molecule is COc1cccc(-c2noc(COC(=O)CCS(=O)(=O)c3ccccc3)n2)c1. The maximum Gasteiger partial charge on any atom is 0.307 e. The van der Waals surface area contributed by atoms with Crippen LogP contribution >= 0.6 is 0 Å². The molecule has 1 aromatic heterocycles. The minimum absolute atomic E-state index is 0.108. The van der Waals surface area contributed by atoms with Gasteiger partial charge >= 0.3 is 5.97 Å². The van der Waals surface area contributed by atoms with Gasteiger partial charge in [0.2, 0.25) is 5.82 Å². The number of carbonyl (C=O) groups excluding carboxylic acids is 1. The maximum absolute atomic E-state index is 12.2. The van der Waals surface area contributed by atoms with E-state index in [9.17, 15) is 13.2 Å². The molecule has 0 bridgehead atoms. The van der Waals surface area contributed by atoms with Gasteiger partial charge in [-0.25, -0.2) is 8.42 Å². The van der Waals surface area contributed by atoms with Crippen molar-refractivity contribution in [3.63, 3.8) is 0 Å². The third-order valence-corrected chi connectivity index (χ3v) is 5.56. The van der Waals surface area contributed by atoms with Crippen molar-refractivity contribution < 1.29 is 27.2 Å². The van der Waals surface area contributed by atoms with Gasteiger partial charge in [0.1, 0.15) is 5.75 Å². The molecular weight excluding hydrogens is 384 g/mol. The quantitative estimate of drug-likeness (QED) is 0.529. The van der Waals surface area contributed by atoms with E-state index in [0.29, 0.717) is 17.1 Å². The topological polar surface area (TPSA) is 109 Å². The summed E-state index contributed by atoms with van der Waals surface area (Å²) in [7, 11) is -1.99. The number of aromatic nitrogens is 2. The Bertz CT molecular complexity index is 1050. The van der Waals surface area contributed by atoms with Gasteiger partial charge in [-0.1, -0.05) is 35.5 Å². The Morgan fingerprint density at radius 1 is 1.11 bits per heavy atom. The summed E-state index contributed by atoms with van der Waals surface area (Å²) in [5.41, 5.74) is 0.689.